The van der Waals surface area contributed by atoms with E-state index >= 15 is 0 Å². The molecule has 0 aliphatic carbocycles. The van der Waals surface area contributed by atoms with E-state index in [1.165, 1.54) is 5.56 Å². The molecule has 2 heterocycles. The van der Waals surface area contributed by atoms with Gasteiger partial charge in [0.05, 0.1) is 17.2 Å². The number of rotatable bonds is 6. The molecule has 2 rings (SSSR count). The first kappa shape index (κ1) is 13.6. The van der Waals surface area contributed by atoms with Crippen molar-refractivity contribution in [1.82, 2.24) is 15.3 Å². The average Bonchev–Trinajstić information content (AvgIpc) is 2.88. The van der Waals surface area contributed by atoms with Gasteiger partial charge in [0, 0.05) is 22.2 Å². The lowest BCUT2D eigenvalue weighted by Crippen LogP contribution is -2.24. The highest BCUT2D eigenvalue weighted by molar-refractivity contribution is 9.10. The molecule has 2 aromatic heterocycles. The summed E-state index contributed by atoms with van der Waals surface area (Å²) in [6.07, 6.45) is 5.76. The highest BCUT2D eigenvalue weighted by Gasteiger charge is 2.13. The summed E-state index contributed by atoms with van der Waals surface area (Å²) in [6, 6.07) is 2.38. The third-order valence-electron chi connectivity index (χ3n) is 2.65. The second-order valence-electron chi connectivity index (χ2n) is 4.14. The van der Waals surface area contributed by atoms with Gasteiger partial charge in [0.15, 0.2) is 0 Å². The van der Waals surface area contributed by atoms with E-state index in [9.17, 15) is 0 Å². The van der Waals surface area contributed by atoms with E-state index in [4.69, 9.17) is 0 Å². The summed E-state index contributed by atoms with van der Waals surface area (Å²) in [7, 11) is 0. The monoisotopic (exact) mass is 325 g/mol. The molecule has 2 aromatic rings. The van der Waals surface area contributed by atoms with Crippen LogP contribution in [0.15, 0.2) is 33.8 Å². The molecule has 0 radical (unpaired) electrons. The van der Waals surface area contributed by atoms with Gasteiger partial charge in [0.1, 0.15) is 0 Å². The number of halogens is 1. The Kier molecular flexibility index (Phi) is 5.28. The third-order valence-corrected chi connectivity index (χ3v) is 3.69. The predicted octanol–water partition coefficient (Wildman–Crippen LogP) is 3.58. The topological polar surface area (TPSA) is 37.8 Å². The maximum atomic E-state index is 4.41. The van der Waals surface area contributed by atoms with Gasteiger partial charge in [-0.15, -0.1) is 11.3 Å². The standard InChI is InChI=1S/C13H16BrN3S/c1-2-3-16-12(13-8-18-9-17-13)5-10-4-11(14)7-15-6-10/h4,6-9,12,16H,2-3,5H2,1H3. The van der Waals surface area contributed by atoms with Crippen LogP contribution in [-0.2, 0) is 6.42 Å². The molecular formula is C13H16BrN3S. The summed E-state index contributed by atoms with van der Waals surface area (Å²) in [4.78, 5) is 8.62. The molecule has 0 saturated heterocycles. The van der Waals surface area contributed by atoms with Crippen molar-refractivity contribution >= 4 is 27.3 Å². The Balaban J connectivity index is 2.10. The number of nitrogens with one attached hydrogen (secondary N) is 1. The zero-order valence-corrected chi connectivity index (χ0v) is 12.7. The van der Waals surface area contributed by atoms with Gasteiger partial charge in [-0.05, 0) is 46.9 Å². The van der Waals surface area contributed by atoms with Crippen LogP contribution in [0.3, 0.4) is 0 Å². The fourth-order valence-electron chi connectivity index (χ4n) is 1.80. The first-order valence-electron chi connectivity index (χ1n) is 6.00. The highest BCUT2D eigenvalue weighted by atomic mass is 79.9. The Morgan fingerprint density at radius 3 is 3.00 bits per heavy atom. The summed E-state index contributed by atoms with van der Waals surface area (Å²) in [6.45, 7) is 3.18. The van der Waals surface area contributed by atoms with Crippen LogP contribution in [0, 0.1) is 0 Å². The number of thiazole rings is 1. The largest absolute Gasteiger partial charge is 0.308 e. The molecule has 0 aliphatic rings. The van der Waals surface area contributed by atoms with Crippen molar-refractivity contribution < 1.29 is 0 Å². The Bertz CT molecular complexity index is 473. The highest BCUT2D eigenvalue weighted by Crippen LogP contribution is 2.20. The summed E-state index contributed by atoms with van der Waals surface area (Å²) in [5.74, 6) is 0. The zero-order chi connectivity index (χ0) is 12.8. The summed E-state index contributed by atoms with van der Waals surface area (Å²) < 4.78 is 1.02. The van der Waals surface area contributed by atoms with Crippen molar-refractivity contribution in [3.05, 3.63) is 45.1 Å². The fraction of sp³-hybridized carbons (Fsp3) is 0.385. The second-order valence-corrected chi connectivity index (χ2v) is 5.77. The lowest BCUT2D eigenvalue weighted by molar-refractivity contribution is 0.519. The van der Waals surface area contributed by atoms with E-state index in [-0.39, 0.29) is 6.04 Å². The zero-order valence-electron chi connectivity index (χ0n) is 10.3. The van der Waals surface area contributed by atoms with Gasteiger partial charge in [0.25, 0.3) is 0 Å². The van der Waals surface area contributed by atoms with Crippen molar-refractivity contribution in [2.45, 2.75) is 25.8 Å². The molecule has 1 unspecified atom stereocenters. The van der Waals surface area contributed by atoms with E-state index in [2.05, 4.69) is 49.6 Å². The molecule has 0 bridgehead atoms. The van der Waals surface area contributed by atoms with Crippen LogP contribution in [-0.4, -0.2) is 16.5 Å². The smallest absolute Gasteiger partial charge is 0.0795 e. The third kappa shape index (κ3) is 3.86. The van der Waals surface area contributed by atoms with Crippen molar-refractivity contribution in [3.8, 4) is 0 Å². The predicted molar refractivity (Wildman–Crippen MR) is 78.8 cm³/mol. The van der Waals surface area contributed by atoms with E-state index in [1.54, 1.807) is 17.5 Å². The van der Waals surface area contributed by atoms with Crippen molar-refractivity contribution in [3.63, 3.8) is 0 Å². The molecule has 0 spiro atoms. The Morgan fingerprint density at radius 2 is 2.33 bits per heavy atom. The Morgan fingerprint density at radius 1 is 1.44 bits per heavy atom. The molecule has 96 valence electrons. The van der Waals surface area contributed by atoms with Gasteiger partial charge in [-0.3, -0.25) is 4.98 Å². The minimum Gasteiger partial charge on any atom is -0.308 e. The molecule has 0 aliphatic heterocycles. The van der Waals surface area contributed by atoms with Crippen LogP contribution in [0.4, 0.5) is 0 Å². The quantitative estimate of drug-likeness (QED) is 0.882. The van der Waals surface area contributed by atoms with Gasteiger partial charge in [0.2, 0.25) is 0 Å². The van der Waals surface area contributed by atoms with Crippen LogP contribution in [0.1, 0.15) is 30.6 Å². The molecule has 0 aromatic carbocycles. The number of hydrogen-bond donors (Lipinski definition) is 1. The maximum Gasteiger partial charge on any atom is 0.0795 e. The van der Waals surface area contributed by atoms with Crippen molar-refractivity contribution in [1.29, 1.82) is 0 Å². The molecule has 1 N–H and O–H groups in total. The first-order valence-corrected chi connectivity index (χ1v) is 7.74. The van der Waals surface area contributed by atoms with Gasteiger partial charge in [-0.1, -0.05) is 6.92 Å². The lowest BCUT2D eigenvalue weighted by Gasteiger charge is -2.16. The number of pyridine rings is 1. The fourth-order valence-corrected chi connectivity index (χ4v) is 2.82. The maximum absolute atomic E-state index is 4.41. The molecule has 0 fully saturated rings. The van der Waals surface area contributed by atoms with E-state index in [0.717, 1.165) is 29.6 Å². The lowest BCUT2D eigenvalue weighted by atomic mass is 10.1. The van der Waals surface area contributed by atoms with Crippen LogP contribution in [0.5, 0.6) is 0 Å². The summed E-state index contributed by atoms with van der Waals surface area (Å²) >= 11 is 5.10. The number of hydrogen-bond acceptors (Lipinski definition) is 4. The Labute approximate surface area is 120 Å². The van der Waals surface area contributed by atoms with Gasteiger partial charge in [-0.25, -0.2) is 4.98 Å². The normalized spacial score (nSPS) is 12.6. The molecule has 1 atom stereocenters. The van der Waals surface area contributed by atoms with Gasteiger partial charge in [-0.2, -0.15) is 0 Å². The minimum absolute atomic E-state index is 0.271. The van der Waals surface area contributed by atoms with Crippen LogP contribution < -0.4 is 5.32 Å². The summed E-state index contributed by atoms with van der Waals surface area (Å²) in [5.41, 5.74) is 4.22. The molecule has 18 heavy (non-hydrogen) atoms. The second kappa shape index (κ2) is 6.97. The Hall–Kier alpha value is -0.780. The van der Waals surface area contributed by atoms with Crippen molar-refractivity contribution in [2.24, 2.45) is 0 Å². The molecule has 0 amide bonds. The van der Waals surface area contributed by atoms with E-state index in [0.29, 0.717) is 0 Å². The van der Waals surface area contributed by atoms with Gasteiger partial charge >= 0.3 is 0 Å². The van der Waals surface area contributed by atoms with Crippen LogP contribution >= 0.6 is 27.3 Å². The average molecular weight is 326 g/mol. The van der Waals surface area contributed by atoms with Gasteiger partial charge < -0.3 is 5.32 Å². The van der Waals surface area contributed by atoms with E-state index < -0.39 is 0 Å². The van der Waals surface area contributed by atoms with E-state index in [1.807, 2.05) is 11.7 Å². The van der Waals surface area contributed by atoms with Crippen LogP contribution in [0.25, 0.3) is 0 Å². The molecule has 5 heteroatoms. The first-order chi connectivity index (χ1) is 8.79. The molecule has 0 saturated carbocycles. The summed E-state index contributed by atoms with van der Waals surface area (Å²) in [5, 5.41) is 5.65. The van der Waals surface area contributed by atoms with Crippen molar-refractivity contribution in [2.75, 3.05) is 6.54 Å². The van der Waals surface area contributed by atoms with Crippen LogP contribution in [0.2, 0.25) is 0 Å². The number of nitrogens with zero attached hydrogens (tertiary/aromatic N) is 2. The minimum atomic E-state index is 0.271. The number of aromatic nitrogens is 2. The molecule has 3 nitrogen and oxygen atoms in total. The molecular weight excluding hydrogens is 310 g/mol. The SMILES string of the molecule is CCCNC(Cc1cncc(Br)c1)c1cscn1.